The second-order valence-corrected chi connectivity index (χ2v) is 7.54. The highest BCUT2D eigenvalue weighted by molar-refractivity contribution is 5.85. The van der Waals surface area contributed by atoms with Crippen molar-refractivity contribution < 1.29 is 4.79 Å². The summed E-state index contributed by atoms with van der Waals surface area (Å²) in [5.41, 5.74) is 1.36. The Morgan fingerprint density at radius 3 is 2.50 bits per heavy atom. The molecule has 2 aliphatic rings. The van der Waals surface area contributed by atoms with Crippen molar-refractivity contribution in [1.82, 2.24) is 16.0 Å². The van der Waals surface area contributed by atoms with Crippen molar-refractivity contribution in [3.63, 3.8) is 0 Å². The molecule has 148 valence electrons. The summed E-state index contributed by atoms with van der Waals surface area (Å²) >= 11 is 0. The Morgan fingerprint density at radius 1 is 1.19 bits per heavy atom. The lowest BCUT2D eigenvalue weighted by atomic mass is 9.94. The standard InChI is InChI=1S/C20H31N3O.2ClH/c1-16(17-8-3-2-4-9-17)23-20(11-5-6-12-20)15-22-19(24)14-18-10-7-13-21-18;;/h2-4,8-9,16,18,21,23H,5-7,10-15H2,1H3,(H,22,24);2*1H. The van der Waals surface area contributed by atoms with Gasteiger partial charge in [-0.2, -0.15) is 0 Å². The van der Waals surface area contributed by atoms with Gasteiger partial charge < -0.3 is 16.0 Å². The van der Waals surface area contributed by atoms with Gasteiger partial charge >= 0.3 is 0 Å². The maximum absolute atomic E-state index is 12.3. The molecular formula is C20H33Cl2N3O. The molecule has 0 spiro atoms. The van der Waals surface area contributed by atoms with Crippen LogP contribution in [0.25, 0.3) is 0 Å². The average molecular weight is 402 g/mol. The fourth-order valence-corrected chi connectivity index (χ4v) is 4.20. The molecule has 2 atom stereocenters. The molecule has 1 aromatic rings. The average Bonchev–Trinajstić information content (AvgIpc) is 3.26. The molecule has 1 aliphatic carbocycles. The maximum atomic E-state index is 12.3. The number of carbonyl (C=O) groups excluding carboxylic acids is 1. The van der Waals surface area contributed by atoms with Crippen molar-refractivity contribution in [2.24, 2.45) is 0 Å². The van der Waals surface area contributed by atoms with Crippen LogP contribution in [-0.4, -0.2) is 30.6 Å². The summed E-state index contributed by atoms with van der Waals surface area (Å²) in [6.07, 6.45) is 7.71. The number of rotatable bonds is 7. The van der Waals surface area contributed by atoms with Crippen LogP contribution in [-0.2, 0) is 4.79 Å². The molecule has 4 nitrogen and oxygen atoms in total. The molecule has 0 radical (unpaired) electrons. The van der Waals surface area contributed by atoms with E-state index in [4.69, 9.17) is 0 Å². The number of nitrogens with one attached hydrogen (secondary N) is 3. The molecule has 1 heterocycles. The lowest BCUT2D eigenvalue weighted by Crippen LogP contribution is -2.52. The topological polar surface area (TPSA) is 53.2 Å². The van der Waals surface area contributed by atoms with Gasteiger partial charge in [-0.25, -0.2) is 0 Å². The van der Waals surface area contributed by atoms with E-state index in [9.17, 15) is 4.79 Å². The highest BCUT2D eigenvalue weighted by Crippen LogP contribution is 2.31. The van der Waals surface area contributed by atoms with Crippen LogP contribution < -0.4 is 16.0 Å². The van der Waals surface area contributed by atoms with Crippen molar-refractivity contribution in [3.8, 4) is 0 Å². The molecule has 3 rings (SSSR count). The first-order chi connectivity index (χ1) is 11.7. The highest BCUT2D eigenvalue weighted by Gasteiger charge is 2.35. The minimum atomic E-state index is 0. The summed E-state index contributed by atoms with van der Waals surface area (Å²) in [7, 11) is 0. The number of hydrogen-bond donors (Lipinski definition) is 3. The molecule has 2 unspecified atom stereocenters. The molecule has 1 aromatic carbocycles. The molecule has 0 aromatic heterocycles. The fraction of sp³-hybridized carbons (Fsp3) is 0.650. The molecule has 6 heteroatoms. The Bertz CT molecular complexity index is 529. The summed E-state index contributed by atoms with van der Waals surface area (Å²) in [5.74, 6) is 0.190. The van der Waals surface area contributed by atoms with Crippen LogP contribution in [0, 0.1) is 0 Å². The summed E-state index contributed by atoms with van der Waals surface area (Å²) in [4.78, 5) is 12.3. The van der Waals surface area contributed by atoms with Crippen LogP contribution in [0.4, 0.5) is 0 Å². The van der Waals surface area contributed by atoms with E-state index in [1.165, 1.54) is 24.8 Å². The van der Waals surface area contributed by atoms with E-state index in [0.717, 1.165) is 32.4 Å². The van der Waals surface area contributed by atoms with Crippen molar-refractivity contribution in [2.45, 2.75) is 69.5 Å². The summed E-state index contributed by atoms with van der Waals surface area (Å²) in [6, 6.07) is 11.3. The Kier molecular flexibility index (Phi) is 9.94. The second-order valence-electron chi connectivity index (χ2n) is 7.54. The van der Waals surface area contributed by atoms with Crippen LogP contribution in [0.2, 0.25) is 0 Å². The number of benzene rings is 1. The Hall–Kier alpha value is -0.810. The molecule has 1 saturated carbocycles. The minimum Gasteiger partial charge on any atom is -0.354 e. The van der Waals surface area contributed by atoms with Crippen LogP contribution in [0.5, 0.6) is 0 Å². The van der Waals surface area contributed by atoms with Crippen LogP contribution in [0.1, 0.15) is 63.5 Å². The van der Waals surface area contributed by atoms with Gasteiger partial charge in [0.1, 0.15) is 0 Å². The fourth-order valence-electron chi connectivity index (χ4n) is 4.20. The van der Waals surface area contributed by atoms with E-state index in [0.29, 0.717) is 18.5 Å². The van der Waals surface area contributed by atoms with Crippen LogP contribution in [0.3, 0.4) is 0 Å². The third-order valence-corrected chi connectivity index (χ3v) is 5.60. The van der Waals surface area contributed by atoms with Gasteiger partial charge in [-0.05, 0) is 44.7 Å². The zero-order valence-corrected chi connectivity index (χ0v) is 17.3. The van der Waals surface area contributed by atoms with Crippen LogP contribution >= 0.6 is 24.8 Å². The number of carbonyl (C=O) groups is 1. The van der Waals surface area contributed by atoms with Crippen molar-refractivity contribution in [2.75, 3.05) is 13.1 Å². The van der Waals surface area contributed by atoms with E-state index in [1.54, 1.807) is 0 Å². The van der Waals surface area contributed by atoms with Crippen molar-refractivity contribution in [1.29, 1.82) is 0 Å². The minimum absolute atomic E-state index is 0. The predicted molar refractivity (Wildman–Crippen MR) is 112 cm³/mol. The molecule has 3 N–H and O–H groups in total. The zero-order valence-electron chi connectivity index (χ0n) is 15.6. The normalized spacial score (nSPS) is 22.1. The Labute approximate surface area is 170 Å². The van der Waals surface area contributed by atoms with Crippen molar-refractivity contribution >= 4 is 30.7 Å². The molecule has 1 amide bonds. The SMILES string of the molecule is CC(NC1(CNC(=O)CC2CCCN2)CCCC1)c1ccccc1.Cl.Cl. The first-order valence-electron chi connectivity index (χ1n) is 9.50. The summed E-state index contributed by atoms with van der Waals surface area (Å²) < 4.78 is 0. The van der Waals surface area contributed by atoms with Gasteiger partial charge in [0.05, 0.1) is 0 Å². The Morgan fingerprint density at radius 2 is 1.88 bits per heavy atom. The van der Waals surface area contributed by atoms with E-state index >= 15 is 0 Å². The maximum Gasteiger partial charge on any atom is 0.221 e. The molecule has 2 fully saturated rings. The lowest BCUT2D eigenvalue weighted by Gasteiger charge is -2.34. The summed E-state index contributed by atoms with van der Waals surface area (Å²) in [6.45, 7) is 4.02. The Balaban J connectivity index is 0.00000169. The monoisotopic (exact) mass is 401 g/mol. The molecule has 1 saturated heterocycles. The number of halogens is 2. The third kappa shape index (κ3) is 6.41. The van der Waals surface area contributed by atoms with E-state index in [2.05, 4.69) is 53.2 Å². The molecule has 26 heavy (non-hydrogen) atoms. The van der Waals surface area contributed by atoms with E-state index in [-0.39, 0.29) is 36.3 Å². The van der Waals surface area contributed by atoms with Gasteiger partial charge in [0.2, 0.25) is 5.91 Å². The van der Waals surface area contributed by atoms with Gasteiger partial charge in [0, 0.05) is 30.6 Å². The van der Waals surface area contributed by atoms with Crippen LogP contribution in [0.15, 0.2) is 30.3 Å². The van der Waals surface area contributed by atoms with Gasteiger partial charge in [-0.1, -0.05) is 43.2 Å². The third-order valence-electron chi connectivity index (χ3n) is 5.60. The molecular weight excluding hydrogens is 369 g/mol. The van der Waals surface area contributed by atoms with Gasteiger partial charge in [0.25, 0.3) is 0 Å². The van der Waals surface area contributed by atoms with E-state index < -0.39 is 0 Å². The van der Waals surface area contributed by atoms with Gasteiger partial charge in [-0.3, -0.25) is 4.79 Å². The largest absolute Gasteiger partial charge is 0.354 e. The number of hydrogen-bond acceptors (Lipinski definition) is 3. The first kappa shape index (κ1) is 23.2. The summed E-state index contributed by atoms with van der Waals surface area (Å²) in [5, 5.41) is 10.4. The van der Waals surface area contributed by atoms with Gasteiger partial charge in [-0.15, -0.1) is 24.8 Å². The van der Waals surface area contributed by atoms with E-state index in [1.807, 2.05) is 0 Å². The highest BCUT2D eigenvalue weighted by atomic mass is 35.5. The number of amides is 1. The first-order valence-corrected chi connectivity index (χ1v) is 9.50. The quantitative estimate of drug-likeness (QED) is 0.651. The predicted octanol–water partition coefficient (Wildman–Crippen LogP) is 3.75. The zero-order chi connectivity index (χ0) is 16.8. The lowest BCUT2D eigenvalue weighted by molar-refractivity contribution is -0.121. The molecule has 1 aliphatic heterocycles. The molecule has 0 bridgehead atoms. The van der Waals surface area contributed by atoms with Crippen molar-refractivity contribution in [3.05, 3.63) is 35.9 Å². The second kappa shape index (κ2) is 11.1. The smallest absolute Gasteiger partial charge is 0.221 e. The van der Waals surface area contributed by atoms with Gasteiger partial charge in [0.15, 0.2) is 0 Å².